The molecule has 1 aliphatic rings. The molecule has 1 aliphatic heterocycles. The Labute approximate surface area is 119 Å². The number of methoxy groups -OCH3 is 1. The number of nitrogens with zero attached hydrogens (tertiary/aromatic N) is 1. The normalized spacial score (nSPS) is 24.6. The number of ether oxygens (including phenoxy) is 1. The molecule has 0 amide bonds. The molecule has 2 atom stereocenters. The minimum absolute atomic E-state index is 0.245. The van der Waals surface area contributed by atoms with Gasteiger partial charge in [0.05, 0.1) is 17.5 Å². The number of piperidine rings is 1. The summed E-state index contributed by atoms with van der Waals surface area (Å²) in [5, 5.41) is 0. The number of carbonyl (C=O) groups excluding carboxylic acids is 1. The molecule has 0 radical (unpaired) electrons. The van der Waals surface area contributed by atoms with Gasteiger partial charge in [-0.25, -0.2) is 0 Å². The molecule has 1 aromatic rings. The summed E-state index contributed by atoms with van der Waals surface area (Å²) in [4.78, 5) is 16.6. The number of Topliss-reactive ketones (excluding diaryl/α,β-unsaturated/α-hetero) is 1. The second-order valence-electron chi connectivity index (χ2n) is 5.32. The third kappa shape index (κ3) is 3.65. The lowest BCUT2D eigenvalue weighted by molar-refractivity contribution is -0.00320. The van der Waals surface area contributed by atoms with Crippen LogP contribution in [0.3, 0.4) is 0 Å². The number of ketones is 1. The lowest BCUT2D eigenvalue weighted by Crippen LogP contribution is -2.45. The average molecular weight is 281 g/mol. The van der Waals surface area contributed by atoms with Crippen LogP contribution < -0.4 is 0 Å². The summed E-state index contributed by atoms with van der Waals surface area (Å²) in [6, 6.07) is 4.03. The molecule has 1 aromatic heterocycles. The number of thiophene rings is 1. The highest BCUT2D eigenvalue weighted by Gasteiger charge is 2.27. The molecule has 2 unspecified atom stereocenters. The Morgan fingerprint density at radius 2 is 2.32 bits per heavy atom. The van der Waals surface area contributed by atoms with Crippen molar-refractivity contribution in [2.45, 2.75) is 32.8 Å². The quantitative estimate of drug-likeness (QED) is 0.777. The Balaban J connectivity index is 1.92. The van der Waals surface area contributed by atoms with Gasteiger partial charge in [0.25, 0.3) is 0 Å². The Morgan fingerprint density at radius 3 is 2.95 bits per heavy atom. The highest BCUT2D eigenvalue weighted by Crippen LogP contribution is 2.21. The molecule has 1 saturated heterocycles. The van der Waals surface area contributed by atoms with E-state index in [2.05, 4.69) is 24.8 Å². The molecule has 4 heteroatoms. The van der Waals surface area contributed by atoms with Gasteiger partial charge in [-0.15, -0.1) is 11.3 Å². The van der Waals surface area contributed by atoms with Crippen molar-refractivity contribution in [2.75, 3.05) is 26.7 Å². The van der Waals surface area contributed by atoms with Gasteiger partial charge in [0.15, 0.2) is 5.78 Å². The van der Waals surface area contributed by atoms with Crippen LogP contribution in [0.2, 0.25) is 0 Å². The summed E-state index contributed by atoms with van der Waals surface area (Å²) in [5.41, 5.74) is 0. The molecule has 0 spiro atoms. The molecule has 0 aliphatic carbocycles. The van der Waals surface area contributed by atoms with E-state index in [1.165, 1.54) is 4.88 Å². The Morgan fingerprint density at radius 1 is 1.53 bits per heavy atom. The first-order chi connectivity index (χ1) is 9.13. The summed E-state index contributed by atoms with van der Waals surface area (Å²) < 4.78 is 5.49. The van der Waals surface area contributed by atoms with Crippen molar-refractivity contribution in [3.8, 4) is 0 Å². The van der Waals surface area contributed by atoms with E-state index in [9.17, 15) is 4.79 Å². The standard InChI is InChI=1S/C15H23NO2S/c1-4-12-5-6-15(19-12)13(17)9-16-8-7-11(2)14(10-16)18-3/h5-6,11,14H,4,7-10H2,1-3H3. The van der Waals surface area contributed by atoms with Gasteiger partial charge in [0.2, 0.25) is 0 Å². The van der Waals surface area contributed by atoms with Gasteiger partial charge in [-0.3, -0.25) is 9.69 Å². The summed E-state index contributed by atoms with van der Waals surface area (Å²) >= 11 is 1.63. The topological polar surface area (TPSA) is 29.5 Å². The summed E-state index contributed by atoms with van der Waals surface area (Å²) in [7, 11) is 1.76. The Kier molecular flexibility index (Phi) is 5.13. The number of carbonyl (C=O) groups is 1. The van der Waals surface area contributed by atoms with Crippen LogP contribution in [0.15, 0.2) is 12.1 Å². The number of likely N-dealkylation sites (tertiary alicyclic amines) is 1. The van der Waals surface area contributed by atoms with E-state index >= 15 is 0 Å². The molecule has 1 fully saturated rings. The zero-order valence-electron chi connectivity index (χ0n) is 12.0. The van der Waals surface area contributed by atoms with Crippen LogP contribution in [0.25, 0.3) is 0 Å². The fraction of sp³-hybridized carbons (Fsp3) is 0.667. The molecular weight excluding hydrogens is 258 g/mol. The highest BCUT2D eigenvalue weighted by atomic mass is 32.1. The van der Waals surface area contributed by atoms with Gasteiger partial charge >= 0.3 is 0 Å². The minimum Gasteiger partial charge on any atom is -0.380 e. The average Bonchev–Trinajstić information content (AvgIpc) is 2.90. The maximum atomic E-state index is 12.2. The van der Waals surface area contributed by atoms with Crippen LogP contribution >= 0.6 is 11.3 Å². The molecule has 2 heterocycles. The monoisotopic (exact) mass is 281 g/mol. The van der Waals surface area contributed by atoms with E-state index in [1.807, 2.05) is 6.07 Å². The summed E-state index contributed by atoms with van der Waals surface area (Å²) in [5.74, 6) is 0.832. The minimum atomic E-state index is 0.245. The van der Waals surface area contributed by atoms with E-state index < -0.39 is 0 Å². The van der Waals surface area contributed by atoms with Crippen LogP contribution in [0.5, 0.6) is 0 Å². The molecule has 0 bridgehead atoms. The molecule has 0 saturated carbocycles. The summed E-state index contributed by atoms with van der Waals surface area (Å²) in [6.07, 6.45) is 2.37. The van der Waals surface area contributed by atoms with Crippen molar-refractivity contribution in [1.29, 1.82) is 0 Å². The molecule has 0 N–H and O–H groups in total. The fourth-order valence-electron chi connectivity index (χ4n) is 2.55. The SMILES string of the molecule is CCc1ccc(C(=O)CN2CCC(C)C(OC)C2)s1. The van der Waals surface area contributed by atoms with Crippen molar-refractivity contribution >= 4 is 17.1 Å². The van der Waals surface area contributed by atoms with Gasteiger partial charge in [-0.05, 0) is 37.4 Å². The van der Waals surface area contributed by atoms with Gasteiger partial charge in [0.1, 0.15) is 0 Å². The lowest BCUT2D eigenvalue weighted by Gasteiger charge is -2.35. The van der Waals surface area contributed by atoms with Gasteiger partial charge in [-0.2, -0.15) is 0 Å². The Bertz CT molecular complexity index is 430. The van der Waals surface area contributed by atoms with Crippen molar-refractivity contribution in [2.24, 2.45) is 5.92 Å². The van der Waals surface area contributed by atoms with Crippen LogP contribution in [-0.4, -0.2) is 43.5 Å². The predicted molar refractivity (Wildman–Crippen MR) is 79.0 cm³/mol. The fourth-order valence-corrected chi connectivity index (χ4v) is 3.42. The van der Waals surface area contributed by atoms with E-state index in [-0.39, 0.29) is 11.9 Å². The molecule has 19 heavy (non-hydrogen) atoms. The second-order valence-corrected chi connectivity index (χ2v) is 6.49. The number of rotatable bonds is 5. The van der Waals surface area contributed by atoms with Crippen molar-refractivity contribution in [1.82, 2.24) is 4.90 Å². The number of hydrogen-bond acceptors (Lipinski definition) is 4. The molecule has 3 nitrogen and oxygen atoms in total. The van der Waals surface area contributed by atoms with E-state index in [1.54, 1.807) is 18.4 Å². The van der Waals surface area contributed by atoms with Crippen molar-refractivity contribution < 1.29 is 9.53 Å². The van der Waals surface area contributed by atoms with Gasteiger partial charge in [-0.1, -0.05) is 13.8 Å². The third-order valence-corrected chi connectivity index (χ3v) is 5.20. The van der Waals surface area contributed by atoms with Gasteiger partial charge in [0, 0.05) is 18.5 Å². The smallest absolute Gasteiger partial charge is 0.186 e. The van der Waals surface area contributed by atoms with E-state index in [0.29, 0.717) is 12.5 Å². The zero-order chi connectivity index (χ0) is 13.8. The van der Waals surface area contributed by atoms with Crippen LogP contribution in [-0.2, 0) is 11.2 Å². The third-order valence-electron chi connectivity index (χ3n) is 3.93. The van der Waals surface area contributed by atoms with Crippen molar-refractivity contribution in [3.63, 3.8) is 0 Å². The van der Waals surface area contributed by atoms with E-state index in [0.717, 1.165) is 30.8 Å². The number of hydrogen-bond donors (Lipinski definition) is 0. The highest BCUT2D eigenvalue weighted by molar-refractivity contribution is 7.14. The maximum Gasteiger partial charge on any atom is 0.186 e. The van der Waals surface area contributed by atoms with Crippen LogP contribution in [0.1, 0.15) is 34.8 Å². The van der Waals surface area contributed by atoms with Crippen LogP contribution in [0.4, 0.5) is 0 Å². The molecule has 106 valence electrons. The predicted octanol–water partition coefficient (Wildman–Crippen LogP) is 2.85. The largest absolute Gasteiger partial charge is 0.380 e. The lowest BCUT2D eigenvalue weighted by atomic mass is 9.95. The molecule has 0 aromatic carbocycles. The summed E-state index contributed by atoms with van der Waals surface area (Å²) in [6.45, 7) is 6.74. The first-order valence-electron chi connectivity index (χ1n) is 7.01. The van der Waals surface area contributed by atoms with Crippen LogP contribution in [0, 0.1) is 5.92 Å². The molecular formula is C15H23NO2S. The zero-order valence-corrected chi connectivity index (χ0v) is 12.8. The van der Waals surface area contributed by atoms with Crippen molar-refractivity contribution in [3.05, 3.63) is 21.9 Å². The second kappa shape index (κ2) is 6.64. The van der Waals surface area contributed by atoms with E-state index in [4.69, 9.17) is 4.74 Å². The maximum absolute atomic E-state index is 12.2. The first-order valence-corrected chi connectivity index (χ1v) is 7.82. The van der Waals surface area contributed by atoms with Gasteiger partial charge < -0.3 is 4.74 Å². The number of aryl methyl sites for hydroxylation is 1. The first kappa shape index (κ1) is 14.7. The Hall–Kier alpha value is -0.710. The molecule has 2 rings (SSSR count).